The molecule has 0 radical (unpaired) electrons. The van der Waals surface area contributed by atoms with Gasteiger partial charge in [-0.05, 0) is 44.7 Å². The number of nitrogens with zero attached hydrogens (tertiary/aromatic N) is 1. The number of amides is 2. The summed E-state index contributed by atoms with van der Waals surface area (Å²) in [6.45, 7) is 4.32. The number of thiophene rings is 1. The Balaban J connectivity index is 1.85. The first-order valence-corrected chi connectivity index (χ1v) is 8.08. The first kappa shape index (κ1) is 15.8. The molecule has 0 bridgehead atoms. The number of aryl methyl sites for hydroxylation is 1. The Kier molecular flexibility index (Phi) is 5.22. The van der Waals surface area contributed by atoms with Gasteiger partial charge < -0.3 is 15.3 Å². The van der Waals surface area contributed by atoms with Crippen molar-refractivity contribution < 1.29 is 14.7 Å². The summed E-state index contributed by atoms with van der Waals surface area (Å²) in [5, 5.41) is 11.8. The lowest BCUT2D eigenvalue weighted by molar-refractivity contribution is -0.137. The standard InChI is InChI=1S/C15H22N2O3S/c1-10(7-13-6-3-11(2)21-13)16-15(20)17(9-14(18)19)8-12-4-5-12/h3,6,10,12H,4-5,7-9H2,1-2H3,(H,16,20)(H,18,19). The zero-order valence-electron chi connectivity index (χ0n) is 12.5. The van der Waals surface area contributed by atoms with E-state index in [2.05, 4.69) is 24.4 Å². The molecule has 6 heteroatoms. The van der Waals surface area contributed by atoms with Crippen molar-refractivity contribution in [3.8, 4) is 0 Å². The molecule has 1 aromatic heterocycles. The predicted octanol–water partition coefficient (Wildman–Crippen LogP) is 2.49. The molecule has 0 aliphatic heterocycles. The third-order valence-electron chi connectivity index (χ3n) is 3.46. The van der Waals surface area contributed by atoms with E-state index in [0.29, 0.717) is 12.5 Å². The largest absolute Gasteiger partial charge is 0.480 e. The number of carbonyl (C=O) groups is 2. The van der Waals surface area contributed by atoms with Crippen molar-refractivity contribution in [2.24, 2.45) is 5.92 Å². The molecule has 116 valence electrons. The summed E-state index contributed by atoms with van der Waals surface area (Å²) in [7, 11) is 0. The van der Waals surface area contributed by atoms with Gasteiger partial charge in [-0.1, -0.05) is 0 Å². The Morgan fingerprint density at radius 3 is 2.71 bits per heavy atom. The maximum Gasteiger partial charge on any atom is 0.323 e. The third-order valence-corrected chi connectivity index (χ3v) is 4.49. The van der Waals surface area contributed by atoms with Crippen molar-refractivity contribution in [3.05, 3.63) is 21.9 Å². The van der Waals surface area contributed by atoms with Gasteiger partial charge in [0.05, 0.1) is 0 Å². The van der Waals surface area contributed by atoms with Crippen LogP contribution in [-0.4, -0.2) is 41.1 Å². The van der Waals surface area contributed by atoms with Crippen molar-refractivity contribution in [2.45, 2.75) is 39.2 Å². The number of carboxylic acids is 1. The van der Waals surface area contributed by atoms with E-state index in [1.54, 1.807) is 11.3 Å². The monoisotopic (exact) mass is 310 g/mol. The molecule has 1 aliphatic rings. The zero-order valence-corrected chi connectivity index (χ0v) is 13.3. The van der Waals surface area contributed by atoms with Crippen LogP contribution in [0.5, 0.6) is 0 Å². The van der Waals surface area contributed by atoms with Gasteiger partial charge in [-0.25, -0.2) is 4.79 Å². The number of rotatable bonds is 7. The van der Waals surface area contributed by atoms with Crippen LogP contribution in [-0.2, 0) is 11.2 Å². The van der Waals surface area contributed by atoms with Gasteiger partial charge in [0, 0.05) is 28.8 Å². The molecule has 1 atom stereocenters. The van der Waals surface area contributed by atoms with E-state index in [0.717, 1.165) is 19.3 Å². The van der Waals surface area contributed by atoms with Crippen LogP contribution in [0.1, 0.15) is 29.5 Å². The minimum atomic E-state index is -0.965. The first-order valence-electron chi connectivity index (χ1n) is 7.26. The fourth-order valence-corrected chi connectivity index (χ4v) is 3.26. The molecule has 0 spiro atoms. The molecule has 1 unspecified atom stereocenters. The number of carbonyl (C=O) groups excluding carboxylic acids is 1. The summed E-state index contributed by atoms with van der Waals surface area (Å²) >= 11 is 1.72. The van der Waals surface area contributed by atoms with Crippen LogP contribution in [0.15, 0.2) is 12.1 Å². The van der Waals surface area contributed by atoms with Crippen LogP contribution < -0.4 is 5.32 Å². The molecule has 1 saturated carbocycles. The van der Waals surface area contributed by atoms with Gasteiger partial charge in [-0.2, -0.15) is 0 Å². The Hall–Kier alpha value is -1.56. The van der Waals surface area contributed by atoms with Crippen LogP contribution in [0, 0.1) is 12.8 Å². The molecule has 1 aliphatic carbocycles. The molecule has 1 heterocycles. The van der Waals surface area contributed by atoms with E-state index in [4.69, 9.17) is 5.11 Å². The summed E-state index contributed by atoms with van der Waals surface area (Å²) in [5.74, 6) is -0.488. The number of urea groups is 1. The molecular weight excluding hydrogens is 288 g/mol. The lowest BCUT2D eigenvalue weighted by Gasteiger charge is -2.23. The lowest BCUT2D eigenvalue weighted by Crippen LogP contribution is -2.47. The molecule has 0 saturated heterocycles. The second kappa shape index (κ2) is 6.93. The van der Waals surface area contributed by atoms with Crippen LogP contribution in [0.3, 0.4) is 0 Å². The highest BCUT2D eigenvalue weighted by Gasteiger charge is 2.28. The zero-order chi connectivity index (χ0) is 15.4. The van der Waals surface area contributed by atoms with E-state index in [1.165, 1.54) is 14.7 Å². The van der Waals surface area contributed by atoms with E-state index in [9.17, 15) is 9.59 Å². The van der Waals surface area contributed by atoms with Gasteiger partial charge in [0.15, 0.2) is 0 Å². The normalized spacial score (nSPS) is 15.5. The summed E-state index contributed by atoms with van der Waals surface area (Å²) < 4.78 is 0. The van der Waals surface area contributed by atoms with Gasteiger partial charge in [0.2, 0.25) is 0 Å². The Morgan fingerprint density at radius 1 is 1.48 bits per heavy atom. The molecule has 2 rings (SSSR count). The van der Waals surface area contributed by atoms with Crippen molar-refractivity contribution in [2.75, 3.05) is 13.1 Å². The van der Waals surface area contributed by atoms with Gasteiger partial charge >= 0.3 is 12.0 Å². The van der Waals surface area contributed by atoms with E-state index in [-0.39, 0.29) is 18.6 Å². The van der Waals surface area contributed by atoms with Crippen molar-refractivity contribution >= 4 is 23.3 Å². The van der Waals surface area contributed by atoms with Crippen LogP contribution >= 0.6 is 11.3 Å². The molecule has 0 aromatic carbocycles. The Bertz CT molecular complexity index is 511. The SMILES string of the molecule is Cc1ccc(CC(C)NC(=O)N(CC(=O)O)CC2CC2)s1. The molecule has 1 fully saturated rings. The van der Waals surface area contributed by atoms with Crippen molar-refractivity contribution in [1.82, 2.24) is 10.2 Å². The van der Waals surface area contributed by atoms with Gasteiger partial charge in [-0.15, -0.1) is 11.3 Å². The molecular formula is C15H22N2O3S. The van der Waals surface area contributed by atoms with Crippen LogP contribution in [0.4, 0.5) is 4.79 Å². The Labute approximate surface area is 129 Å². The summed E-state index contributed by atoms with van der Waals surface area (Å²) in [5.41, 5.74) is 0. The summed E-state index contributed by atoms with van der Waals surface area (Å²) in [6, 6.07) is 3.86. The topological polar surface area (TPSA) is 69.6 Å². The quantitative estimate of drug-likeness (QED) is 0.813. The van der Waals surface area contributed by atoms with Crippen LogP contribution in [0.25, 0.3) is 0 Å². The number of hydrogen-bond donors (Lipinski definition) is 2. The first-order chi connectivity index (χ1) is 9.94. The van der Waals surface area contributed by atoms with Gasteiger partial charge in [0.25, 0.3) is 0 Å². The smallest absolute Gasteiger partial charge is 0.323 e. The molecule has 21 heavy (non-hydrogen) atoms. The second-order valence-corrected chi connectivity index (χ2v) is 7.16. The summed E-state index contributed by atoms with van der Waals surface area (Å²) in [4.78, 5) is 27.0. The second-order valence-electron chi connectivity index (χ2n) is 5.78. The average molecular weight is 310 g/mol. The number of aliphatic carboxylic acids is 1. The van der Waals surface area contributed by atoms with Gasteiger partial charge in [0.1, 0.15) is 6.54 Å². The van der Waals surface area contributed by atoms with Crippen molar-refractivity contribution in [1.29, 1.82) is 0 Å². The molecule has 2 amide bonds. The fraction of sp³-hybridized carbons (Fsp3) is 0.600. The highest BCUT2D eigenvalue weighted by atomic mass is 32.1. The Morgan fingerprint density at radius 2 is 2.19 bits per heavy atom. The maximum absolute atomic E-state index is 12.2. The lowest BCUT2D eigenvalue weighted by atomic mass is 10.2. The van der Waals surface area contributed by atoms with Gasteiger partial charge in [-0.3, -0.25) is 4.79 Å². The van der Waals surface area contributed by atoms with Crippen molar-refractivity contribution in [3.63, 3.8) is 0 Å². The average Bonchev–Trinajstić information content (AvgIpc) is 3.10. The minimum Gasteiger partial charge on any atom is -0.480 e. The van der Waals surface area contributed by atoms with Crippen LogP contribution in [0.2, 0.25) is 0 Å². The van der Waals surface area contributed by atoms with E-state index >= 15 is 0 Å². The predicted molar refractivity (Wildman–Crippen MR) is 82.7 cm³/mol. The number of nitrogens with one attached hydrogen (secondary N) is 1. The maximum atomic E-state index is 12.2. The highest BCUT2D eigenvalue weighted by molar-refractivity contribution is 7.11. The number of hydrogen-bond acceptors (Lipinski definition) is 3. The molecule has 5 nitrogen and oxygen atoms in total. The third kappa shape index (κ3) is 5.38. The summed E-state index contributed by atoms with van der Waals surface area (Å²) in [6.07, 6.45) is 2.95. The highest BCUT2D eigenvalue weighted by Crippen LogP contribution is 2.29. The minimum absolute atomic E-state index is 0.00829. The molecule has 1 aromatic rings. The number of carboxylic acid groups (broad SMARTS) is 1. The van der Waals surface area contributed by atoms with E-state index < -0.39 is 5.97 Å². The fourth-order valence-electron chi connectivity index (χ4n) is 2.24. The molecule has 2 N–H and O–H groups in total. The van der Waals surface area contributed by atoms with E-state index in [1.807, 2.05) is 6.92 Å².